The number of rotatable bonds is 8. The van der Waals surface area contributed by atoms with Gasteiger partial charge in [0.2, 0.25) is 5.95 Å². The van der Waals surface area contributed by atoms with Crippen molar-refractivity contribution in [2.45, 2.75) is 20.1 Å². The molecule has 0 atom stereocenters. The molecule has 0 bridgehead atoms. The molecule has 0 fully saturated rings. The van der Waals surface area contributed by atoms with Crippen molar-refractivity contribution in [3.05, 3.63) is 95.7 Å². The lowest BCUT2D eigenvalue weighted by Crippen LogP contribution is -2.06. The van der Waals surface area contributed by atoms with E-state index in [4.69, 9.17) is 9.47 Å². The van der Waals surface area contributed by atoms with Gasteiger partial charge < -0.3 is 19.4 Å². The average Bonchev–Trinajstić information content (AvgIpc) is 3.17. The molecule has 31 heavy (non-hydrogen) atoms. The topological polar surface area (TPSA) is 48.3 Å². The third kappa shape index (κ3) is 4.89. The minimum atomic E-state index is 0.493. The molecule has 0 spiro atoms. The van der Waals surface area contributed by atoms with Crippen LogP contribution in [0, 0.1) is 6.92 Å². The van der Waals surface area contributed by atoms with E-state index in [2.05, 4.69) is 46.1 Å². The van der Waals surface area contributed by atoms with Gasteiger partial charge in [-0.25, -0.2) is 4.98 Å². The zero-order valence-corrected chi connectivity index (χ0v) is 18.1. The number of benzene rings is 3. The smallest absolute Gasteiger partial charge is 0.203 e. The van der Waals surface area contributed by atoms with Crippen molar-refractivity contribution < 1.29 is 9.47 Å². The van der Waals surface area contributed by atoms with Crippen molar-refractivity contribution in [1.82, 2.24) is 9.55 Å². The van der Waals surface area contributed by atoms with Gasteiger partial charge in [0.15, 0.2) is 11.5 Å². The molecule has 0 aliphatic carbocycles. The second-order valence-corrected chi connectivity index (χ2v) is 7.51. The van der Waals surface area contributed by atoms with Crippen molar-refractivity contribution in [2.24, 2.45) is 7.05 Å². The van der Waals surface area contributed by atoms with Crippen molar-refractivity contribution in [3.8, 4) is 22.8 Å². The summed E-state index contributed by atoms with van der Waals surface area (Å²) in [4.78, 5) is 4.56. The summed E-state index contributed by atoms with van der Waals surface area (Å²) in [7, 11) is 3.68. The van der Waals surface area contributed by atoms with Gasteiger partial charge in [-0.2, -0.15) is 0 Å². The van der Waals surface area contributed by atoms with Crippen LogP contribution in [0.5, 0.6) is 11.5 Å². The van der Waals surface area contributed by atoms with E-state index >= 15 is 0 Å². The first-order valence-electron chi connectivity index (χ1n) is 10.3. The Morgan fingerprint density at radius 3 is 2.42 bits per heavy atom. The van der Waals surface area contributed by atoms with Crippen molar-refractivity contribution in [2.75, 3.05) is 12.4 Å². The van der Waals surface area contributed by atoms with Crippen LogP contribution in [0.2, 0.25) is 0 Å². The second-order valence-electron chi connectivity index (χ2n) is 7.51. The molecule has 4 rings (SSSR count). The Morgan fingerprint density at radius 2 is 1.68 bits per heavy atom. The van der Waals surface area contributed by atoms with Gasteiger partial charge in [-0.1, -0.05) is 66.2 Å². The minimum absolute atomic E-state index is 0.493. The molecule has 0 aliphatic heterocycles. The summed E-state index contributed by atoms with van der Waals surface area (Å²) in [5.41, 5.74) is 5.67. The van der Waals surface area contributed by atoms with Crippen molar-refractivity contribution in [1.29, 1.82) is 0 Å². The highest BCUT2D eigenvalue weighted by Gasteiger charge is 2.10. The summed E-state index contributed by atoms with van der Waals surface area (Å²) >= 11 is 0. The van der Waals surface area contributed by atoms with Gasteiger partial charge in [0, 0.05) is 13.6 Å². The number of hydrogen-bond acceptors (Lipinski definition) is 4. The van der Waals surface area contributed by atoms with E-state index in [9.17, 15) is 0 Å². The van der Waals surface area contributed by atoms with Gasteiger partial charge in [-0.3, -0.25) is 0 Å². The molecule has 3 aromatic carbocycles. The molecule has 5 nitrogen and oxygen atoms in total. The highest BCUT2D eigenvalue weighted by atomic mass is 16.5. The lowest BCUT2D eigenvalue weighted by molar-refractivity contribution is 0.284. The number of anilines is 1. The number of nitrogens with one attached hydrogen (secondary N) is 1. The fourth-order valence-corrected chi connectivity index (χ4v) is 3.43. The third-order valence-corrected chi connectivity index (χ3v) is 5.25. The lowest BCUT2D eigenvalue weighted by Gasteiger charge is -2.13. The number of aromatic nitrogens is 2. The van der Waals surface area contributed by atoms with Gasteiger partial charge in [-0.15, -0.1) is 0 Å². The molecular weight excluding hydrogens is 386 g/mol. The highest BCUT2D eigenvalue weighted by molar-refractivity contribution is 5.62. The van der Waals surface area contributed by atoms with Crippen LogP contribution in [-0.4, -0.2) is 16.7 Å². The maximum atomic E-state index is 6.03. The summed E-state index contributed by atoms with van der Waals surface area (Å²) in [6.45, 7) is 3.21. The Hall–Kier alpha value is -3.73. The number of imidazole rings is 1. The van der Waals surface area contributed by atoms with Crippen molar-refractivity contribution in [3.63, 3.8) is 0 Å². The van der Waals surface area contributed by atoms with Gasteiger partial charge in [0.1, 0.15) is 6.61 Å². The summed E-state index contributed by atoms with van der Waals surface area (Å²) in [6, 6.07) is 24.6. The zero-order chi connectivity index (χ0) is 21.6. The van der Waals surface area contributed by atoms with Gasteiger partial charge >= 0.3 is 0 Å². The van der Waals surface area contributed by atoms with Crippen LogP contribution in [0.15, 0.2) is 79.0 Å². The van der Waals surface area contributed by atoms with Crippen LogP contribution in [0.4, 0.5) is 5.95 Å². The van der Waals surface area contributed by atoms with Crippen LogP contribution in [0.25, 0.3) is 11.3 Å². The van der Waals surface area contributed by atoms with Crippen LogP contribution >= 0.6 is 0 Å². The third-order valence-electron chi connectivity index (χ3n) is 5.25. The Bertz CT molecular complexity index is 1140. The van der Waals surface area contributed by atoms with Gasteiger partial charge in [0.05, 0.1) is 19.0 Å². The van der Waals surface area contributed by atoms with E-state index in [-0.39, 0.29) is 0 Å². The predicted octanol–water partition coefficient (Wildman–Crippen LogP) is 5.60. The second kappa shape index (κ2) is 9.39. The standard InChI is InChI=1S/C26H27N3O2/c1-19-9-12-22(13-10-19)23-17-28-26(29(23)2)27-16-21-11-14-24(30-3)25(15-21)31-18-20-7-5-4-6-8-20/h4-15,17H,16,18H2,1-3H3,(H,27,28). The SMILES string of the molecule is COc1ccc(CNc2ncc(-c3ccc(C)cc3)n2C)cc1OCc1ccccc1. The average molecular weight is 414 g/mol. The highest BCUT2D eigenvalue weighted by Crippen LogP contribution is 2.29. The van der Waals surface area contributed by atoms with Crippen molar-refractivity contribution >= 4 is 5.95 Å². The number of nitrogens with zero attached hydrogens (tertiary/aromatic N) is 2. The molecule has 4 aromatic rings. The Morgan fingerprint density at radius 1 is 0.903 bits per heavy atom. The fraction of sp³-hybridized carbons (Fsp3) is 0.192. The maximum Gasteiger partial charge on any atom is 0.203 e. The van der Waals surface area contributed by atoms with E-state index in [1.807, 2.05) is 61.8 Å². The normalized spacial score (nSPS) is 10.7. The summed E-state index contributed by atoms with van der Waals surface area (Å²) < 4.78 is 13.6. The number of ether oxygens (including phenoxy) is 2. The summed E-state index contributed by atoms with van der Waals surface area (Å²) in [5.74, 6) is 2.27. The number of hydrogen-bond donors (Lipinski definition) is 1. The van der Waals surface area contributed by atoms with E-state index in [0.29, 0.717) is 13.2 Å². The molecule has 1 heterocycles. The lowest BCUT2D eigenvalue weighted by atomic mass is 10.1. The summed E-state index contributed by atoms with van der Waals surface area (Å²) in [5, 5.41) is 3.42. The first kappa shape index (κ1) is 20.5. The minimum Gasteiger partial charge on any atom is -0.493 e. The van der Waals surface area contributed by atoms with Crippen LogP contribution in [0.3, 0.4) is 0 Å². The molecule has 5 heteroatoms. The Labute approximate surface area is 183 Å². The Kier molecular flexibility index (Phi) is 6.22. The van der Waals surface area contributed by atoms with Gasteiger partial charge in [0.25, 0.3) is 0 Å². The zero-order valence-electron chi connectivity index (χ0n) is 18.1. The first-order valence-corrected chi connectivity index (χ1v) is 10.3. The van der Waals surface area contributed by atoms with Gasteiger partial charge in [-0.05, 0) is 35.7 Å². The molecule has 1 N–H and O–H groups in total. The van der Waals surface area contributed by atoms with Crippen LogP contribution in [0.1, 0.15) is 16.7 Å². The fourth-order valence-electron chi connectivity index (χ4n) is 3.43. The molecular formula is C26H27N3O2. The Balaban J connectivity index is 1.45. The molecule has 0 radical (unpaired) electrons. The monoisotopic (exact) mass is 413 g/mol. The molecule has 0 saturated carbocycles. The molecule has 1 aromatic heterocycles. The summed E-state index contributed by atoms with van der Waals surface area (Å²) in [6.07, 6.45) is 1.90. The van der Waals surface area contributed by atoms with Crippen LogP contribution < -0.4 is 14.8 Å². The van der Waals surface area contributed by atoms with Crippen LogP contribution in [-0.2, 0) is 20.2 Å². The molecule has 158 valence electrons. The molecule has 0 aliphatic rings. The van der Waals surface area contributed by atoms with E-state index in [1.165, 1.54) is 5.56 Å². The largest absolute Gasteiger partial charge is 0.493 e. The first-order chi connectivity index (χ1) is 15.1. The van der Waals surface area contributed by atoms with E-state index in [0.717, 1.165) is 39.8 Å². The maximum absolute atomic E-state index is 6.03. The quantitative estimate of drug-likeness (QED) is 0.409. The predicted molar refractivity (Wildman–Crippen MR) is 124 cm³/mol. The molecule has 0 unspecified atom stereocenters. The van der Waals surface area contributed by atoms with E-state index < -0.39 is 0 Å². The number of methoxy groups -OCH3 is 1. The molecule has 0 amide bonds. The van der Waals surface area contributed by atoms with E-state index in [1.54, 1.807) is 7.11 Å². The molecule has 0 saturated heterocycles. The number of aryl methyl sites for hydroxylation is 1.